The van der Waals surface area contributed by atoms with Crippen LogP contribution >= 0.6 is 0 Å². The summed E-state index contributed by atoms with van der Waals surface area (Å²) in [4.78, 5) is 32.0. The lowest BCUT2D eigenvalue weighted by molar-refractivity contribution is -0.114. The Labute approximate surface area is 196 Å². The van der Waals surface area contributed by atoms with Gasteiger partial charge in [0, 0.05) is 12.2 Å². The molecule has 2 aromatic heterocycles. The molecule has 0 unspecified atom stereocenters. The van der Waals surface area contributed by atoms with Gasteiger partial charge >= 0.3 is 6.09 Å². The van der Waals surface area contributed by atoms with Crippen LogP contribution in [0.1, 0.15) is 37.9 Å². The van der Waals surface area contributed by atoms with Crippen LogP contribution in [0.15, 0.2) is 35.8 Å². The van der Waals surface area contributed by atoms with Gasteiger partial charge in [-0.2, -0.15) is 10.4 Å². The summed E-state index contributed by atoms with van der Waals surface area (Å²) in [6.45, 7) is 9.54. The second-order valence-corrected chi connectivity index (χ2v) is 7.63. The van der Waals surface area contributed by atoms with Gasteiger partial charge in [0.05, 0.1) is 17.7 Å². The predicted octanol–water partition coefficient (Wildman–Crippen LogP) is 3.99. The predicted molar refractivity (Wildman–Crippen MR) is 126 cm³/mol. The van der Waals surface area contributed by atoms with Gasteiger partial charge in [-0.05, 0) is 63.9 Å². The number of aryl methyl sites for hydroxylation is 2. The maximum atomic E-state index is 12.0. The maximum absolute atomic E-state index is 12.0. The lowest BCUT2D eigenvalue weighted by Gasteiger charge is -2.14. The second-order valence-electron chi connectivity index (χ2n) is 7.63. The first-order chi connectivity index (χ1) is 16.2. The van der Waals surface area contributed by atoms with E-state index in [1.807, 2.05) is 36.0 Å². The Morgan fingerprint density at radius 2 is 1.94 bits per heavy atom. The molecule has 0 aliphatic carbocycles. The molecule has 0 saturated carbocycles. The van der Waals surface area contributed by atoms with E-state index in [9.17, 15) is 14.9 Å². The average molecular weight is 463 g/mol. The van der Waals surface area contributed by atoms with Crippen LogP contribution in [-0.2, 0) is 9.53 Å². The largest absolute Gasteiger partial charge is 0.450 e. The molecule has 34 heavy (non-hydrogen) atoms. The van der Waals surface area contributed by atoms with Gasteiger partial charge in [0.2, 0.25) is 11.6 Å². The number of nitrogens with one attached hydrogen (secondary N) is 2. The van der Waals surface area contributed by atoms with E-state index in [2.05, 4.69) is 39.1 Å². The van der Waals surface area contributed by atoms with E-state index >= 15 is 0 Å². The van der Waals surface area contributed by atoms with Gasteiger partial charge in [-0.15, -0.1) is 0 Å². The molecule has 3 rings (SSSR count). The molecule has 0 spiro atoms. The number of ether oxygens (including phenoxy) is 2. The third kappa shape index (κ3) is 5.29. The standard InChI is InChI=1S/C23H25N7O4/c1-6-33-23(32)27-21(31)18(11-24)29-28-16-9-14(4)19(15(5)10-16)34-22-17-7-8-30(13(2)3)20(17)25-12-26-22/h7-10,12-13,28H,6H2,1-5H3,(H,27,31,32)/b29-18-. The molecule has 176 valence electrons. The molecule has 0 bridgehead atoms. The van der Waals surface area contributed by atoms with Crippen LogP contribution in [0, 0.1) is 25.2 Å². The molecule has 0 aliphatic rings. The number of rotatable bonds is 7. The lowest BCUT2D eigenvalue weighted by Crippen LogP contribution is -2.36. The van der Waals surface area contributed by atoms with Crippen molar-refractivity contribution in [2.75, 3.05) is 12.0 Å². The first-order valence-electron chi connectivity index (χ1n) is 10.6. The fourth-order valence-electron chi connectivity index (χ4n) is 3.28. The van der Waals surface area contributed by atoms with Gasteiger partial charge in [0.1, 0.15) is 23.8 Å². The molecular formula is C23H25N7O4. The summed E-state index contributed by atoms with van der Waals surface area (Å²) in [6, 6.07) is 7.31. The minimum Gasteiger partial charge on any atom is -0.450 e. The van der Waals surface area contributed by atoms with E-state index in [0.717, 1.165) is 22.2 Å². The van der Waals surface area contributed by atoms with Crippen molar-refractivity contribution >= 4 is 34.4 Å². The minimum atomic E-state index is -0.969. The van der Waals surface area contributed by atoms with Crippen molar-refractivity contribution in [3.05, 3.63) is 41.9 Å². The molecule has 11 nitrogen and oxygen atoms in total. The minimum absolute atomic E-state index is 0.0907. The van der Waals surface area contributed by atoms with Gasteiger partial charge < -0.3 is 14.0 Å². The molecule has 0 fully saturated rings. The van der Waals surface area contributed by atoms with Crippen molar-refractivity contribution in [1.29, 1.82) is 5.26 Å². The number of benzene rings is 1. The van der Waals surface area contributed by atoms with Crippen LogP contribution in [0.4, 0.5) is 10.5 Å². The summed E-state index contributed by atoms with van der Waals surface area (Å²) in [5.41, 5.74) is 5.01. The lowest BCUT2D eigenvalue weighted by atomic mass is 10.1. The Morgan fingerprint density at radius 3 is 2.56 bits per heavy atom. The number of nitrogens with zero attached hydrogens (tertiary/aromatic N) is 5. The summed E-state index contributed by atoms with van der Waals surface area (Å²) in [6.07, 6.45) is 2.47. The highest BCUT2D eigenvalue weighted by atomic mass is 16.5. The summed E-state index contributed by atoms with van der Waals surface area (Å²) in [5, 5.41) is 15.7. The molecule has 11 heteroatoms. The molecule has 2 heterocycles. The molecule has 2 N–H and O–H groups in total. The number of hydrogen-bond donors (Lipinski definition) is 2. The zero-order valence-electron chi connectivity index (χ0n) is 19.5. The normalized spacial score (nSPS) is 11.3. The molecule has 1 aromatic carbocycles. The van der Waals surface area contributed by atoms with Gasteiger partial charge in [0.15, 0.2) is 0 Å². The number of amides is 2. The monoisotopic (exact) mass is 463 g/mol. The van der Waals surface area contributed by atoms with E-state index in [0.29, 0.717) is 17.3 Å². The summed E-state index contributed by atoms with van der Waals surface area (Å²) >= 11 is 0. The van der Waals surface area contributed by atoms with Crippen molar-refractivity contribution in [1.82, 2.24) is 19.9 Å². The molecule has 0 aliphatic heterocycles. The number of alkyl carbamates (subject to hydrolysis) is 1. The molecule has 0 radical (unpaired) electrons. The van der Waals surface area contributed by atoms with E-state index in [1.165, 1.54) is 6.33 Å². The van der Waals surface area contributed by atoms with Crippen molar-refractivity contribution < 1.29 is 19.1 Å². The Bertz CT molecular complexity index is 1280. The first kappa shape index (κ1) is 24.2. The van der Waals surface area contributed by atoms with Crippen molar-refractivity contribution in [2.45, 2.75) is 40.7 Å². The number of carbonyl (C=O) groups excluding carboxylic acids is 2. The fraction of sp³-hybridized carbons (Fsp3) is 0.304. The Balaban J connectivity index is 1.81. The maximum Gasteiger partial charge on any atom is 0.414 e. The van der Waals surface area contributed by atoms with Gasteiger partial charge in [-0.3, -0.25) is 15.5 Å². The number of fused-ring (bicyclic) bond motifs is 1. The van der Waals surface area contributed by atoms with Crippen molar-refractivity contribution in [3.63, 3.8) is 0 Å². The Kier molecular flexibility index (Phi) is 7.43. The van der Waals surface area contributed by atoms with Gasteiger partial charge in [0.25, 0.3) is 5.91 Å². The fourth-order valence-corrected chi connectivity index (χ4v) is 3.28. The number of anilines is 1. The number of hydrogen-bond acceptors (Lipinski definition) is 9. The number of aromatic nitrogens is 3. The quantitative estimate of drug-likeness (QED) is 0.395. The average Bonchev–Trinajstić information content (AvgIpc) is 3.22. The zero-order chi connectivity index (χ0) is 24.8. The topological polar surface area (TPSA) is 144 Å². The van der Waals surface area contributed by atoms with Crippen LogP contribution in [0.25, 0.3) is 11.0 Å². The highest BCUT2D eigenvalue weighted by Gasteiger charge is 2.17. The molecular weight excluding hydrogens is 438 g/mol. The summed E-state index contributed by atoms with van der Waals surface area (Å²) in [7, 11) is 0. The number of nitriles is 1. The van der Waals surface area contributed by atoms with Crippen molar-refractivity contribution in [3.8, 4) is 17.7 Å². The van der Waals surface area contributed by atoms with E-state index in [4.69, 9.17) is 4.74 Å². The Morgan fingerprint density at radius 1 is 1.24 bits per heavy atom. The van der Waals surface area contributed by atoms with Crippen LogP contribution in [0.2, 0.25) is 0 Å². The van der Waals surface area contributed by atoms with Crippen LogP contribution in [-0.4, -0.2) is 38.9 Å². The summed E-state index contributed by atoms with van der Waals surface area (Å²) < 4.78 is 12.8. The van der Waals surface area contributed by atoms with Crippen LogP contribution in [0.5, 0.6) is 11.6 Å². The highest BCUT2D eigenvalue weighted by Crippen LogP contribution is 2.34. The van der Waals surface area contributed by atoms with E-state index in [1.54, 1.807) is 25.1 Å². The number of imide groups is 1. The van der Waals surface area contributed by atoms with E-state index in [-0.39, 0.29) is 12.6 Å². The van der Waals surface area contributed by atoms with Gasteiger partial charge in [-0.1, -0.05) is 0 Å². The smallest absolute Gasteiger partial charge is 0.414 e. The molecule has 0 saturated heterocycles. The number of hydrazone groups is 1. The molecule has 3 aromatic rings. The van der Waals surface area contributed by atoms with Crippen molar-refractivity contribution in [2.24, 2.45) is 5.10 Å². The van der Waals surface area contributed by atoms with Crippen LogP contribution in [0.3, 0.4) is 0 Å². The van der Waals surface area contributed by atoms with E-state index < -0.39 is 17.7 Å². The Hall–Kier alpha value is -4.46. The van der Waals surface area contributed by atoms with Gasteiger partial charge in [-0.25, -0.2) is 14.8 Å². The SMILES string of the molecule is CCOC(=O)NC(=O)/C(C#N)=N\Nc1cc(C)c(Oc2ncnc3c2ccn3C(C)C)c(C)c1. The first-order valence-corrected chi connectivity index (χ1v) is 10.6. The molecule has 0 atom stereocenters. The third-order valence-electron chi connectivity index (χ3n) is 4.80. The number of carbonyl (C=O) groups is 2. The highest BCUT2D eigenvalue weighted by molar-refractivity contribution is 6.46. The van der Waals surface area contributed by atoms with Crippen LogP contribution < -0.4 is 15.5 Å². The third-order valence-corrected chi connectivity index (χ3v) is 4.80. The zero-order valence-corrected chi connectivity index (χ0v) is 19.5. The molecule has 2 amide bonds. The second kappa shape index (κ2) is 10.4. The summed E-state index contributed by atoms with van der Waals surface area (Å²) in [5.74, 6) is 0.0899.